The SMILES string of the molecule is C=CCC[C@H](Cc1ccccc1)C(=O)OC[C@H](CC1CCCCC1)NC(=O)[C@H](CC=C)CC(=O)N1CCC[C@H]1CO. The number of likely N-dealkylation sites (tertiary alicyclic amines) is 1. The Labute approximate surface area is 246 Å². The molecule has 2 amide bonds. The molecule has 2 aliphatic rings. The number of esters is 1. The van der Waals surface area contributed by atoms with E-state index in [4.69, 9.17) is 4.74 Å². The van der Waals surface area contributed by atoms with Gasteiger partial charge in [-0.2, -0.15) is 0 Å². The van der Waals surface area contributed by atoms with Gasteiger partial charge in [0.15, 0.2) is 0 Å². The monoisotopic (exact) mass is 566 g/mol. The van der Waals surface area contributed by atoms with Gasteiger partial charge < -0.3 is 20.1 Å². The van der Waals surface area contributed by atoms with Gasteiger partial charge in [0.25, 0.3) is 0 Å². The Morgan fingerprint density at radius 2 is 1.78 bits per heavy atom. The molecule has 226 valence electrons. The van der Waals surface area contributed by atoms with Crippen molar-refractivity contribution in [3.63, 3.8) is 0 Å². The largest absolute Gasteiger partial charge is 0.463 e. The molecule has 1 aliphatic carbocycles. The Balaban J connectivity index is 1.65. The average molecular weight is 567 g/mol. The highest BCUT2D eigenvalue weighted by Crippen LogP contribution is 2.28. The van der Waals surface area contributed by atoms with Gasteiger partial charge >= 0.3 is 5.97 Å². The number of allylic oxidation sites excluding steroid dienone is 2. The fourth-order valence-corrected chi connectivity index (χ4v) is 6.30. The first-order chi connectivity index (χ1) is 19.9. The van der Waals surface area contributed by atoms with Gasteiger partial charge in [-0.15, -0.1) is 13.2 Å². The van der Waals surface area contributed by atoms with Crippen molar-refractivity contribution in [1.29, 1.82) is 0 Å². The fraction of sp³-hybridized carbons (Fsp3) is 0.618. The molecule has 4 atom stereocenters. The summed E-state index contributed by atoms with van der Waals surface area (Å²) in [5, 5.41) is 12.8. The van der Waals surface area contributed by atoms with Crippen LogP contribution in [0.4, 0.5) is 0 Å². The number of carbonyl (C=O) groups excluding carboxylic acids is 3. The predicted molar refractivity (Wildman–Crippen MR) is 162 cm³/mol. The Morgan fingerprint density at radius 1 is 1.02 bits per heavy atom. The first-order valence-corrected chi connectivity index (χ1v) is 15.6. The number of aliphatic hydroxyl groups excluding tert-OH is 1. The molecular weight excluding hydrogens is 516 g/mol. The fourth-order valence-electron chi connectivity index (χ4n) is 6.30. The Morgan fingerprint density at radius 3 is 2.46 bits per heavy atom. The van der Waals surface area contributed by atoms with Gasteiger partial charge in [-0.25, -0.2) is 0 Å². The highest BCUT2D eigenvalue weighted by molar-refractivity contribution is 5.86. The zero-order valence-corrected chi connectivity index (χ0v) is 24.7. The summed E-state index contributed by atoms with van der Waals surface area (Å²) >= 11 is 0. The first kappa shape index (κ1) is 32.6. The molecule has 1 heterocycles. The number of nitrogens with zero attached hydrogens (tertiary/aromatic N) is 1. The summed E-state index contributed by atoms with van der Waals surface area (Å²) in [6.07, 6.45) is 14.2. The van der Waals surface area contributed by atoms with E-state index in [0.717, 1.165) is 44.1 Å². The number of hydrogen-bond donors (Lipinski definition) is 2. The van der Waals surface area contributed by atoms with Crippen LogP contribution in [-0.4, -0.2) is 59.6 Å². The number of hydrogen-bond acceptors (Lipinski definition) is 5. The number of benzene rings is 1. The molecule has 0 aromatic heterocycles. The number of aliphatic hydroxyl groups is 1. The van der Waals surface area contributed by atoms with E-state index in [0.29, 0.717) is 31.7 Å². The maximum Gasteiger partial charge on any atom is 0.309 e. The van der Waals surface area contributed by atoms with Crippen LogP contribution in [-0.2, 0) is 25.5 Å². The molecule has 0 unspecified atom stereocenters. The van der Waals surface area contributed by atoms with E-state index in [-0.39, 0.29) is 55.4 Å². The minimum Gasteiger partial charge on any atom is -0.463 e. The highest BCUT2D eigenvalue weighted by atomic mass is 16.5. The van der Waals surface area contributed by atoms with E-state index in [1.807, 2.05) is 36.4 Å². The molecule has 3 rings (SSSR count). The van der Waals surface area contributed by atoms with Gasteiger partial charge in [-0.1, -0.05) is 74.6 Å². The van der Waals surface area contributed by atoms with Gasteiger partial charge in [-0.05, 0) is 56.4 Å². The normalized spacial score (nSPS) is 19.6. The lowest BCUT2D eigenvalue weighted by Crippen LogP contribution is -2.45. The van der Waals surface area contributed by atoms with Crippen LogP contribution in [0.15, 0.2) is 55.6 Å². The van der Waals surface area contributed by atoms with Crippen LogP contribution in [0.2, 0.25) is 0 Å². The molecule has 2 fully saturated rings. The predicted octanol–water partition coefficient (Wildman–Crippen LogP) is 5.38. The molecule has 41 heavy (non-hydrogen) atoms. The molecule has 0 bridgehead atoms. The van der Waals surface area contributed by atoms with Gasteiger partial charge in [-0.3, -0.25) is 14.4 Å². The zero-order valence-electron chi connectivity index (χ0n) is 24.7. The second-order valence-corrected chi connectivity index (χ2v) is 11.8. The van der Waals surface area contributed by atoms with Crippen molar-refractivity contribution in [2.75, 3.05) is 19.8 Å². The van der Waals surface area contributed by atoms with Crippen molar-refractivity contribution in [2.24, 2.45) is 17.8 Å². The molecule has 1 aromatic rings. The lowest BCUT2D eigenvalue weighted by Gasteiger charge is -2.29. The second-order valence-electron chi connectivity index (χ2n) is 11.8. The van der Waals surface area contributed by atoms with E-state index in [1.54, 1.807) is 11.0 Å². The topological polar surface area (TPSA) is 95.9 Å². The Hall–Kier alpha value is -2.93. The van der Waals surface area contributed by atoms with Crippen molar-refractivity contribution < 1.29 is 24.2 Å². The molecule has 7 nitrogen and oxygen atoms in total. The summed E-state index contributed by atoms with van der Waals surface area (Å²) in [5.41, 5.74) is 1.09. The number of nitrogens with one attached hydrogen (secondary N) is 1. The van der Waals surface area contributed by atoms with Crippen LogP contribution < -0.4 is 5.32 Å². The third-order valence-corrected chi connectivity index (χ3v) is 8.64. The molecule has 1 aromatic carbocycles. The van der Waals surface area contributed by atoms with Crippen molar-refractivity contribution in [1.82, 2.24) is 10.2 Å². The lowest BCUT2D eigenvalue weighted by molar-refractivity contribution is -0.150. The van der Waals surface area contributed by atoms with Crippen LogP contribution >= 0.6 is 0 Å². The number of rotatable bonds is 17. The zero-order chi connectivity index (χ0) is 29.5. The van der Waals surface area contributed by atoms with E-state index >= 15 is 0 Å². The van der Waals surface area contributed by atoms with E-state index in [1.165, 1.54) is 19.3 Å². The minimum atomic E-state index is -0.553. The van der Waals surface area contributed by atoms with Gasteiger partial charge in [0, 0.05) is 13.0 Å². The van der Waals surface area contributed by atoms with E-state index in [2.05, 4.69) is 18.5 Å². The molecule has 1 saturated carbocycles. The van der Waals surface area contributed by atoms with Gasteiger partial charge in [0.1, 0.15) is 6.61 Å². The van der Waals surface area contributed by atoms with E-state index < -0.39 is 5.92 Å². The van der Waals surface area contributed by atoms with Crippen molar-refractivity contribution in [3.8, 4) is 0 Å². The molecule has 1 aliphatic heterocycles. The van der Waals surface area contributed by atoms with Crippen molar-refractivity contribution in [2.45, 2.75) is 95.6 Å². The van der Waals surface area contributed by atoms with Crippen LogP contribution in [0.1, 0.15) is 82.6 Å². The summed E-state index contributed by atoms with van der Waals surface area (Å²) in [4.78, 5) is 41.6. The first-order valence-electron chi connectivity index (χ1n) is 15.6. The van der Waals surface area contributed by atoms with Crippen molar-refractivity contribution in [3.05, 3.63) is 61.2 Å². The quantitative estimate of drug-likeness (QED) is 0.195. The van der Waals surface area contributed by atoms with Crippen LogP contribution in [0.3, 0.4) is 0 Å². The molecule has 7 heteroatoms. The molecule has 0 spiro atoms. The number of amides is 2. The van der Waals surface area contributed by atoms with Crippen LogP contribution in [0, 0.1) is 17.8 Å². The second kappa shape index (κ2) is 17.8. The summed E-state index contributed by atoms with van der Waals surface area (Å²) in [5.74, 6) is -0.925. The Kier molecular flexibility index (Phi) is 14.1. The third-order valence-electron chi connectivity index (χ3n) is 8.64. The molecule has 2 N–H and O–H groups in total. The summed E-state index contributed by atoms with van der Waals surface area (Å²) in [6.45, 7) is 8.29. The average Bonchev–Trinajstić information content (AvgIpc) is 3.48. The van der Waals surface area contributed by atoms with Gasteiger partial charge in [0.2, 0.25) is 11.8 Å². The molecule has 1 saturated heterocycles. The molecular formula is C34H50N2O5. The van der Waals surface area contributed by atoms with Crippen LogP contribution in [0.25, 0.3) is 0 Å². The van der Waals surface area contributed by atoms with Crippen LogP contribution in [0.5, 0.6) is 0 Å². The summed E-state index contributed by atoms with van der Waals surface area (Å²) in [6, 6.07) is 9.46. The highest BCUT2D eigenvalue weighted by Gasteiger charge is 2.32. The molecule has 0 radical (unpaired) electrons. The minimum absolute atomic E-state index is 0.0586. The third kappa shape index (κ3) is 10.8. The standard InChI is InChI=1S/C34H50N2O5/c1-3-5-18-29(21-26-14-8-6-9-15-26)34(40)41-25-30(22-27-16-10-7-11-17-27)35-33(39)28(13-4-2)23-32(38)36-20-12-19-31(36)24-37/h3-4,6,8-9,14-15,27-31,37H,1-2,5,7,10-13,16-25H2,(H,35,39)/t28-,29-,30+,31+/m1/s1. The summed E-state index contributed by atoms with van der Waals surface area (Å²) in [7, 11) is 0. The number of carbonyl (C=O) groups is 3. The van der Waals surface area contributed by atoms with E-state index in [9.17, 15) is 19.5 Å². The Bertz CT molecular complexity index is 975. The van der Waals surface area contributed by atoms with Crippen molar-refractivity contribution >= 4 is 17.8 Å². The maximum absolute atomic E-state index is 13.5. The smallest absolute Gasteiger partial charge is 0.309 e. The maximum atomic E-state index is 13.5. The number of ether oxygens (including phenoxy) is 1. The summed E-state index contributed by atoms with van der Waals surface area (Å²) < 4.78 is 5.90. The van der Waals surface area contributed by atoms with Gasteiger partial charge in [0.05, 0.1) is 30.5 Å². The lowest BCUT2D eigenvalue weighted by atomic mass is 9.84.